The van der Waals surface area contributed by atoms with Crippen LogP contribution in [0.1, 0.15) is 5.56 Å². The fraction of sp³-hybridized carbons (Fsp3) is 0.133. The lowest BCUT2D eigenvalue weighted by atomic mass is 10.2. The highest BCUT2D eigenvalue weighted by molar-refractivity contribution is 9.10. The second-order valence-electron chi connectivity index (χ2n) is 4.49. The highest BCUT2D eigenvalue weighted by Crippen LogP contribution is 2.25. The molecule has 2 aromatic carbocycles. The van der Waals surface area contributed by atoms with E-state index < -0.39 is 35.7 Å². The standard InChI is InChI=1S/C15H11BrF3NO2/c1-8-2-5-12(9(16)6-8)22-7-13(21)20-11-4-3-10(17)14(18)15(11)19/h2-6H,7H2,1H3,(H,20,21). The van der Waals surface area contributed by atoms with Gasteiger partial charge in [0.25, 0.3) is 5.91 Å². The molecule has 0 saturated carbocycles. The third-order valence-corrected chi connectivity index (χ3v) is 3.38. The number of carbonyl (C=O) groups is 1. The van der Waals surface area contributed by atoms with E-state index in [1.165, 1.54) is 0 Å². The van der Waals surface area contributed by atoms with Crippen LogP contribution in [0.25, 0.3) is 0 Å². The first-order valence-electron chi connectivity index (χ1n) is 6.21. The summed E-state index contributed by atoms with van der Waals surface area (Å²) in [7, 11) is 0. The zero-order chi connectivity index (χ0) is 16.3. The second-order valence-corrected chi connectivity index (χ2v) is 5.35. The molecule has 0 aliphatic carbocycles. The van der Waals surface area contributed by atoms with Crippen LogP contribution in [0.5, 0.6) is 5.75 Å². The molecule has 1 N–H and O–H groups in total. The molecule has 1 amide bonds. The Morgan fingerprint density at radius 2 is 1.91 bits per heavy atom. The number of nitrogens with one attached hydrogen (secondary N) is 1. The van der Waals surface area contributed by atoms with E-state index in [0.717, 1.165) is 17.7 Å². The van der Waals surface area contributed by atoms with E-state index in [9.17, 15) is 18.0 Å². The summed E-state index contributed by atoms with van der Waals surface area (Å²) in [4.78, 5) is 11.7. The SMILES string of the molecule is Cc1ccc(OCC(=O)Nc2ccc(F)c(F)c2F)c(Br)c1. The molecule has 3 nitrogen and oxygen atoms in total. The van der Waals surface area contributed by atoms with Crippen molar-refractivity contribution in [2.45, 2.75) is 6.92 Å². The number of halogens is 4. The maximum absolute atomic E-state index is 13.4. The Bertz CT molecular complexity index is 722. The van der Waals surface area contributed by atoms with Crippen molar-refractivity contribution in [3.05, 3.63) is 57.8 Å². The van der Waals surface area contributed by atoms with Crippen molar-refractivity contribution in [2.24, 2.45) is 0 Å². The molecule has 2 aromatic rings. The van der Waals surface area contributed by atoms with Gasteiger partial charge in [-0.05, 0) is 52.7 Å². The molecule has 2 rings (SSSR count). The summed E-state index contributed by atoms with van der Waals surface area (Å²) in [6.07, 6.45) is 0. The smallest absolute Gasteiger partial charge is 0.262 e. The number of amides is 1. The molecule has 0 fully saturated rings. The molecule has 0 bridgehead atoms. The minimum absolute atomic E-state index is 0.403. The Balaban J connectivity index is 2.00. The molecule has 22 heavy (non-hydrogen) atoms. The van der Waals surface area contributed by atoms with Gasteiger partial charge in [0.15, 0.2) is 24.1 Å². The summed E-state index contributed by atoms with van der Waals surface area (Å²) in [5, 5.41) is 2.12. The quantitative estimate of drug-likeness (QED) is 0.815. The number of benzene rings is 2. The maximum atomic E-state index is 13.4. The van der Waals surface area contributed by atoms with E-state index in [0.29, 0.717) is 10.2 Å². The van der Waals surface area contributed by atoms with Gasteiger partial charge in [-0.3, -0.25) is 4.79 Å². The number of ether oxygens (including phenoxy) is 1. The minimum atomic E-state index is -1.64. The molecule has 0 aliphatic rings. The molecule has 0 aromatic heterocycles. The van der Waals surface area contributed by atoms with Gasteiger partial charge in [-0.25, -0.2) is 13.2 Å². The molecule has 7 heteroatoms. The van der Waals surface area contributed by atoms with Gasteiger partial charge in [-0.2, -0.15) is 0 Å². The van der Waals surface area contributed by atoms with Gasteiger partial charge < -0.3 is 10.1 Å². The average Bonchev–Trinajstić information content (AvgIpc) is 2.47. The number of rotatable bonds is 4. The van der Waals surface area contributed by atoms with Crippen molar-refractivity contribution >= 4 is 27.5 Å². The minimum Gasteiger partial charge on any atom is -0.483 e. The summed E-state index contributed by atoms with van der Waals surface area (Å²) in [5.41, 5.74) is 0.558. The van der Waals surface area contributed by atoms with E-state index in [4.69, 9.17) is 4.74 Å². The van der Waals surface area contributed by atoms with E-state index in [1.54, 1.807) is 12.1 Å². The highest BCUT2D eigenvalue weighted by atomic mass is 79.9. The summed E-state index contributed by atoms with van der Waals surface area (Å²) in [6.45, 7) is 1.49. The van der Waals surface area contributed by atoms with Crippen LogP contribution in [0.4, 0.5) is 18.9 Å². The molecule has 116 valence electrons. The van der Waals surface area contributed by atoms with Crippen molar-refractivity contribution in [3.63, 3.8) is 0 Å². The van der Waals surface area contributed by atoms with Gasteiger partial charge in [-0.15, -0.1) is 0 Å². The highest BCUT2D eigenvalue weighted by Gasteiger charge is 2.15. The lowest BCUT2D eigenvalue weighted by Gasteiger charge is -2.10. The lowest BCUT2D eigenvalue weighted by molar-refractivity contribution is -0.118. The van der Waals surface area contributed by atoms with Gasteiger partial charge in [0.05, 0.1) is 10.2 Å². The maximum Gasteiger partial charge on any atom is 0.262 e. The summed E-state index contributed by atoms with van der Waals surface area (Å²) < 4.78 is 45.2. The molecule has 0 atom stereocenters. The third kappa shape index (κ3) is 3.79. The first-order valence-corrected chi connectivity index (χ1v) is 7.00. The summed E-state index contributed by atoms with van der Waals surface area (Å²) >= 11 is 3.29. The number of hydrogen-bond donors (Lipinski definition) is 1. The molecule has 0 spiro atoms. The number of aryl methyl sites for hydroxylation is 1. The lowest BCUT2D eigenvalue weighted by Crippen LogP contribution is -2.21. The largest absolute Gasteiger partial charge is 0.483 e. The van der Waals surface area contributed by atoms with E-state index >= 15 is 0 Å². The second kappa shape index (κ2) is 6.83. The first kappa shape index (κ1) is 16.4. The Morgan fingerprint density at radius 3 is 2.59 bits per heavy atom. The fourth-order valence-electron chi connectivity index (χ4n) is 1.67. The van der Waals surface area contributed by atoms with Gasteiger partial charge >= 0.3 is 0 Å². The fourth-order valence-corrected chi connectivity index (χ4v) is 2.28. The number of anilines is 1. The van der Waals surface area contributed by atoms with Crippen LogP contribution in [0.3, 0.4) is 0 Å². The van der Waals surface area contributed by atoms with Crippen molar-refractivity contribution in [3.8, 4) is 5.75 Å². The molecule has 0 aliphatic heterocycles. The van der Waals surface area contributed by atoms with Gasteiger partial charge in [0, 0.05) is 0 Å². The van der Waals surface area contributed by atoms with Crippen molar-refractivity contribution in [2.75, 3.05) is 11.9 Å². The Labute approximate surface area is 133 Å². The zero-order valence-corrected chi connectivity index (χ0v) is 13.0. The van der Waals surface area contributed by atoms with Crippen LogP contribution >= 0.6 is 15.9 Å². The van der Waals surface area contributed by atoms with Crippen LogP contribution in [0.2, 0.25) is 0 Å². The summed E-state index contributed by atoms with van der Waals surface area (Å²) in [6, 6.07) is 6.94. The van der Waals surface area contributed by atoms with Crippen molar-refractivity contribution in [1.29, 1.82) is 0 Å². The zero-order valence-electron chi connectivity index (χ0n) is 11.4. The molecule has 0 unspecified atom stereocenters. The van der Waals surface area contributed by atoms with Crippen LogP contribution in [0, 0.1) is 24.4 Å². The predicted molar refractivity (Wildman–Crippen MR) is 79.3 cm³/mol. The first-order chi connectivity index (χ1) is 10.4. The van der Waals surface area contributed by atoms with Gasteiger partial charge in [-0.1, -0.05) is 6.07 Å². The Kier molecular flexibility index (Phi) is 5.07. The topological polar surface area (TPSA) is 38.3 Å². The monoisotopic (exact) mass is 373 g/mol. The predicted octanol–water partition coefficient (Wildman–Crippen LogP) is 4.19. The summed E-state index contributed by atoms with van der Waals surface area (Å²) in [5.74, 6) is -4.68. The molecular formula is C15H11BrF3NO2. The van der Waals surface area contributed by atoms with Crippen LogP contribution in [0.15, 0.2) is 34.8 Å². The van der Waals surface area contributed by atoms with Crippen LogP contribution in [-0.2, 0) is 4.79 Å². The van der Waals surface area contributed by atoms with Crippen LogP contribution in [-0.4, -0.2) is 12.5 Å². The van der Waals surface area contributed by atoms with Gasteiger partial charge in [0.1, 0.15) is 5.75 Å². The Hall–Kier alpha value is -2.02. The third-order valence-electron chi connectivity index (χ3n) is 2.76. The number of carbonyl (C=O) groups excluding carboxylic acids is 1. The molecular weight excluding hydrogens is 363 g/mol. The van der Waals surface area contributed by atoms with Crippen LogP contribution < -0.4 is 10.1 Å². The van der Waals surface area contributed by atoms with Crippen molar-refractivity contribution < 1.29 is 22.7 Å². The number of hydrogen-bond acceptors (Lipinski definition) is 2. The molecule has 0 saturated heterocycles. The van der Waals surface area contributed by atoms with E-state index in [2.05, 4.69) is 21.2 Å². The average molecular weight is 374 g/mol. The van der Waals surface area contributed by atoms with E-state index in [1.807, 2.05) is 13.0 Å². The molecule has 0 radical (unpaired) electrons. The normalized spacial score (nSPS) is 10.4. The molecule has 0 heterocycles. The Morgan fingerprint density at radius 1 is 1.18 bits per heavy atom. The van der Waals surface area contributed by atoms with Gasteiger partial charge in [0.2, 0.25) is 0 Å². The van der Waals surface area contributed by atoms with Crippen molar-refractivity contribution in [1.82, 2.24) is 0 Å². The van der Waals surface area contributed by atoms with E-state index in [-0.39, 0.29) is 0 Å².